The summed E-state index contributed by atoms with van der Waals surface area (Å²) in [7, 11) is 0. The van der Waals surface area contributed by atoms with Gasteiger partial charge in [0.05, 0.1) is 4.91 Å². The van der Waals surface area contributed by atoms with Crippen LogP contribution in [0.1, 0.15) is 35.4 Å². The number of thioether (sulfide) groups is 1. The molecule has 0 radical (unpaired) electrons. The molecule has 1 aromatic carbocycles. The smallest absolute Gasteiger partial charge is 0.294 e. The van der Waals surface area contributed by atoms with Crippen molar-refractivity contribution in [2.24, 2.45) is 0 Å². The molecule has 2 fully saturated rings. The molecule has 2 aliphatic heterocycles. The molecule has 162 valence electrons. The van der Waals surface area contributed by atoms with Crippen LogP contribution in [-0.4, -0.2) is 51.1 Å². The number of hydrogen-bond donors (Lipinski definition) is 0. The number of rotatable bonds is 4. The SMILES string of the molecule is Cc1c(Cl)cccc1-n1c(C)cc(C=C2SC(=O)N(CC(=O)N3CCCC3)C2=O)c1C. The summed E-state index contributed by atoms with van der Waals surface area (Å²) in [6.45, 7) is 7.13. The van der Waals surface area contributed by atoms with E-state index in [0.717, 1.165) is 57.7 Å². The zero-order chi connectivity index (χ0) is 22.3. The molecule has 2 aromatic rings. The fourth-order valence-electron chi connectivity index (χ4n) is 4.12. The zero-order valence-electron chi connectivity index (χ0n) is 17.8. The first-order valence-electron chi connectivity index (χ1n) is 10.3. The van der Waals surface area contributed by atoms with Gasteiger partial charge in [-0.1, -0.05) is 17.7 Å². The molecular formula is C23H24ClN3O3S. The maximum atomic E-state index is 12.9. The molecule has 0 saturated carbocycles. The van der Waals surface area contributed by atoms with Crippen molar-refractivity contribution in [3.05, 3.63) is 56.7 Å². The van der Waals surface area contributed by atoms with E-state index < -0.39 is 11.1 Å². The third kappa shape index (κ3) is 4.04. The van der Waals surface area contributed by atoms with E-state index in [4.69, 9.17) is 11.6 Å². The van der Waals surface area contributed by atoms with Gasteiger partial charge in [-0.2, -0.15) is 0 Å². The lowest BCUT2D eigenvalue weighted by molar-refractivity contribution is -0.135. The van der Waals surface area contributed by atoms with E-state index in [1.807, 2.05) is 45.0 Å². The van der Waals surface area contributed by atoms with Gasteiger partial charge in [0, 0.05) is 35.2 Å². The molecule has 0 spiro atoms. The van der Waals surface area contributed by atoms with Gasteiger partial charge in [-0.25, -0.2) is 0 Å². The van der Waals surface area contributed by atoms with E-state index in [9.17, 15) is 14.4 Å². The van der Waals surface area contributed by atoms with Crippen molar-refractivity contribution >= 4 is 46.5 Å². The summed E-state index contributed by atoms with van der Waals surface area (Å²) < 4.78 is 2.09. The molecule has 0 aliphatic carbocycles. The molecule has 3 heterocycles. The number of aryl methyl sites for hydroxylation is 1. The van der Waals surface area contributed by atoms with Crippen LogP contribution < -0.4 is 0 Å². The summed E-state index contributed by atoms with van der Waals surface area (Å²) >= 11 is 7.19. The van der Waals surface area contributed by atoms with Crippen LogP contribution in [-0.2, 0) is 9.59 Å². The second-order valence-electron chi connectivity index (χ2n) is 7.90. The maximum absolute atomic E-state index is 12.9. The Balaban J connectivity index is 1.60. The predicted octanol–water partition coefficient (Wildman–Crippen LogP) is 4.71. The van der Waals surface area contributed by atoms with E-state index in [2.05, 4.69) is 4.57 Å². The van der Waals surface area contributed by atoms with E-state index >= 15 is 0 Å². The Kier molecular flexibility index (Phi) is 5.99. The van der Waals surface area contributed by atoms with Crippen LogP contribution in [0.5, 0.6) is 0 Å². The second kappa shape index (κ2) is 8.55. The highest BCUT2D eigenvalue weighted by Crippen LogP contribution is 2.34. The summed E-state index contributed by atoms with van der Waals surface area (Å²) in [5.41, 5.74) is 4.75. The van der Waals surface area contributed by atoms with Gasteiger partial charge in [0.2, 0.25) is 5.91 Å². The van der Waals surface area contributed by atoms with Gasteiger partial charge in [0.25, 0.3) is 11.1 Å². The lowest BCUT2D eigenvalue weighted by Gasteiger charge is -2.18. The van der Waals surface area contributed by atoms with Crippen LogP contribution in [0.4, 0.5) is 4.79 Å². The fraction of sp³-hybridized carbons (Fsp3) is 0.348. The third-order valence-electron chi connectivity index (χ3n) is 5.86. The minimum atomic E-state index is -0.411. The molecule has 1 aromatic heterocycles. The predicted molar refractivity (Wildman–Crippen MR) is 123 cm³/mol. The number of aromatic nitrogens is 1. The largest absolute Gasteiger partial charge is 0.341 e. The molecule has 2 aliphatic rings. The van der Waals surface area contributed by atoms with E-state index in [1.165, 1.54) is 0 Å². The average molecular weight is 458 g/mol. The van der Waals surface area contributed by atoms with Crippen molar-refractivity contribution in [2.45, 2.75) is 33.6 Å². The quantitative estimate of drug-likeness (QED) is 0.623. The van der Waals surface area contributed by atoms with Gasteiger partial charge < -0.3 is 9.47 Å². The van der Waals surface area contributed by atoms with E-state index in [1.54, 1.807) is 11.0 Å². The summed E-state index contributed by atoms with van der Waals surface area (Å²) in [5.74, 6) is -0.582. The van der Waals surface area contributed by atoms with Crippen LogP contribution in [0.2, 0.25) is 5.02 Å². The van der Waals surface area contributed by atoms with Gasteiger partial charge in [-0.05, 0) is 80.8 Å². The summed E-state index contributed by atoms with van der Waals surface area (Å²) in [4.78, 5) is 40.8. The Bertz CT molecular complexity index is 1120. The molecule has 0 bridgehead atoms. The van der Waals surface area contributed by atoms with Gasteiger partial charge in [-0.3, -0.25) is 19.3 Å². The number of imide groups is 1. The average Bonchev–Trinajstić information content (AvgIpc) is 3.42. The minimum Gasteiger partial charge on any atom is -0.341 e. The maximum Gasteiger partial charge on any atom is 0.294 e. The van der Waals surface area contributed by atoms with Crippen LogP contribution in [0.15, 0.2) is 29.2 Å². The molecule has 8 heteroatoms. The minimum absolute atomic E-state index is 0.171. The molecule has 31 heavy (non-hydrogen) atoms. The monoisotopic (exact) mass is 457 g/mol. The number of amides is 3. The number of carbonyl (C=O) groups excluding carboxylic acids is 3. The number of hydrogen-bond acceptors (Lipinski definition) is 4. The van der Waals surface area contributed by atoms with Crippen molar-refractivity contribution in [1.29, 1.82) is 0 Å². The Morgan fingerprint density at radius 2 is 1.87 bits per heavy atom. The van der Waals surface area contributed by atoms with E-state index in [-0.39, 0.29) is 12.5 Å². The fourth-order valence-corrected chi connectivity index (χ4v) is 5.12. The standard InChI is InChI=1S/C23H24ClN3O3S/c1-14-11-17(16(3)27(14)19-8-6-7-18(24)15(19)2)12-20-22(29)26(23(30)31-20)13-21(28)25-9-4-5-10-25/h6-8,11-12H,4-5,9-10,13H2,1-3H3. The molecular weight excluding hydrogens is 434 g/mol. The van der Waals surface area contributed by atoms with Gasteiger partial charge in [0.1, 0.15) is 6.54 Å². The highest BCUT2D eigenvalue weighted by molar-refractivity contribution is 8.18. The Morgan fingerprint density at radius 3 is 2.58 bits per heavy atom. The number of likely N-dealkylation sites (tertiary alicyclic amines) is 1. The van der Waals surface area contributed by atoms with Gasteiger partial charge >= 0.3 is 0 Å². The van der Waals surface area contributed by atoms with Crippen LogP contribution in [0, 0.1) is 20.8 Å². The molecule has 0 N–H and O–H groups in total. The van der Waals surface area contributed by atoms with Gasteiger partial charge in [0.15, 0.2) is 0 Å². The highest BCUT2D eigenvalue weighted by atomic mass is 35.5. The summed E-state index contributed by atoms with van der Waals surface area (Å²) in [6.07, 6.45) is 3.68. The summed E-state index contributed by atoms with van der Waals surface area (Å²) in [5, 5.41) is 0.290. The van der Waals surface area contributed by atoms with E-state index in [0.29, 0.717) is 23.0 Å². The van der Waals surface area contributed by atoms with Crippen LogP contribution in [0.25, 0.3) is 11.8 Å². The first-order valence-corrected chi connectivity index (χ1v) is 11.4. The Hall–Kier alpha value is -2.51. The molecule has 4 rings (SSSR count). The topological polar surface area (TPSA) is 62.6 Å². The highest BCUT2D eigenvalue weighted by Gasteiger charge is 2.37. The molecule has 3 amide bonds. The van der Waals surface area contributed by atoms with Crippen molar-refractivity contribution in [3.8, 4) is 5.69 Å². The van der Waals surface area contributed by atoms with Crippen LogP contribution >= 0.6 is 23.4 Å². The lowest BCUT2D eigenvalue weighted by Crippen LogP contribution is -2.40. The number of nitrogens with zero attached hydrogens (tertiary/aromatic N) is 3. The van der Waals surface area contributed by atoms with Gasteiger partial charge in [-0.15, -0.1) is 0 Å². The first-order chi connectivity index (χ1) is 14.8. The Morgan fingerprint density at radius 1 is 1.16 bits per heavy atom. The van der Waals surface area contributed by atoms with Crippen LogP contribution in [0.3, 0.4) is 0 Å². The van der Waals surface area contributed by atoms with Crippen molar-refractivity contribution in [2.75, 3.05) is 19.6 Å². The molecule has 0 unspecified atom stereocenters. The van der Waals surface area contributed by atoms with Crippen molar-refractivity contribution < 1.29 is 14.4 Å². The number of halogens is 1. The summed E-state index contributed by atoms with van der Waals surface area (Å²) in [6, 6.07) is 7.75. The van der Waals surface area contributed by atoms with Crippen molar-refractivity contribution in [1.82, 2.24) is 14.4 Å². The molecule has 0 atom stereocenters. The number of benzene rings is 1. The molecule has 6 nitrogen and oxygen atoms in total. The second-order valence-corrected chi connectivity index (χ2v) is 9.30. The molecule has 2 saturated heterocycles. The normalized spacial score (nSPS) is 18.0. The Labute approximate surface area is 190 Å². The lowest BCUT2D eigenvalue weighted by atomic mass is 10.2. The number of carbonyl (C=O) groups is 3. The van der Waals surface area contributed by atoms with Crippen molar-refractivity contribution in [3.63, 3.8) is 0 Å². The first kappa shape index (κ1) is 21.7. The third-order valence-corrected chi connectivity index (χ3v) is 7.18. The zero-order valence-corrected chi connectivity index (χ0v) is 19.3.